The SMILES string of the molecule is N#Cc1ccc(CN2C(=O)NC(c3ccc(Cl)cc3)C2=O)cc1. The van der Waals surface area contributed by atoms with Gasteiger partial charge in [0, 0.05) is 5.02 Å². The van der Waals surface area contributed by atoms with Crippen LogP contribution in [0.25, 0.3) is 0 Å². The topological polar surface area (TPSA) is 73.2 Å². The molecule has 1 aliphatic heterocycles. The summed E-state index contributed by atoms with van der Waals surface area (Å²) < 4.78 is 0. The van der Waals surface area contributed by atoms with Crippen LogP contribution >= 0.6 is 11.6 Å². The van der Waals surface area contributed by atoms with E-state index in [1.807, 2.05) is 6.07 Å². The molecule has 0 aromatic heterocycles. The summed E-state index contributed by atoms with van der Waals surface area (Å²) in [6.45, 7) is 0.167. The van der Waals surface area contributed by atoms with Crippen molar-refractivity contribution in [1.82, 2.24) is 10.2 Å². The van der Waals surface area contributed by atoms with Crippen molar-refractivity contribution >= 4 is 23.5 Å². The van der Waals surface area contributed by atoms with E-state index in [4.69, 9.17) is 16.9 Å². The van der Waals surface area contributed by atoms with Gasteiger partial charge in [-0.15, -0.1) is 0 Å². The number of carbonyl (C=O) groups excluding carboxylic acids is 2. The van der Waals surface area contributed by atoms with Crippen LogP contribution in [0.3, 0.4) is 0 Å². The summed E-state index contributed by atoms with van der Waals surface area (Å²) in [7, 11) is 0. The molecule has 0 saturated carbocycles. The molecular weight excluding hydrogens is 314 g/mol. The Bertz CT molecular complexity index is 794. The first-order valence-corrected chi connectivity index (χ1v) is 7.32. The zero-order valence-corrected chi connectivity index (χ0v) is 12.7. The maximum Gasteiger partial charge on any atom is 0.325 e. The number of halogens is 1. The predicted molar refractivity (Wildman–Crippen MR) is 84.4 cm³/mol. The number of rotatable bonds is 3. The molecule has 2 aromatic rings. The fourth-order valence-electron chi connectivity index (χ4n) is 2.42. The van der Waals surface area contributed by atoms with Crippen molar-refractivity contribution < 1.29 is 9.59 Å². The van der Waals surface area contributed by atoms with Gasteiger partial charge in [0.25, 0.3) is 5.91 Å². The summed E-state index contributed by atoms with van der Waals surface area (Å²) >= 11 is 5.84. The van der Waals surface area contributed by atoms with Gasteiger partial charge >= 0.3 is 6.03 Å². The Morgan fingerprint density at radius 3 is 2.35 bits per heavy atom. The van der Waals surface area contributed by atoms with Gasteiger partial charge in [0.15, 0.2) is 0 Å². The molecule has 0 radical (unpaired) electrons. The number of nitrogens with zero attached hydrogens (tertiary/aromatic N) is 2. The second-order valence-electron chi connectivity index (χ2n) is 5.17. The summed E-state index contributed by atoms with van der Waals surface area (Å²) in [5.41, 5.74) is 2.00. The van der Waals surface area contributed by atoms with Crippen molar-refractivity contribution in [1.29, 1.82) is 5.26 Å². The second-order valence-corrected chi connectivity index (χ2v) is 5.60. The summed E-state index contributed by atoms with van der Waals surface area (Å²) in [4.78, 5) is 25.7. The number of amides is 3. The fraction of sp³-hybridized carbons (Fsp3) is 0.118. The normalized spacial score (nSPS) is 17.0. The molecule has 114 valence electrons. The third-order valence-electron chi connectivity index (χ3n) is 3.65. The Hall–Kier alpha value is -2.84. The summed E-state index contributed by atoms with van der Waals surface area (Å²) in [5, 5.41) is 12.0. The zero-order chi connectivity index (χ0) is 16.4. The van der Waals surface area contributed by atoms with Gasteiger partial charge < -0.3 is 5.32 Å². The van der Waals surface area contributed by atoms with Crippen LogP contribution in [0.5, 0.6) is 0 Å². The van der Waals surface area contributed by atoms with Crippen molar-refractivity contribution in [2.24, 2.45) is 0 Å². The molecule has 1 saturated heterocycles. The van der Waals surface area contributed by atoms with Crippen LogP contribution < -0.4 is 5.32 Å². The summed E-state index contributed by atoms with van der Waals surface area (Å²) in [6.07, 6.45) is 0. The molecule has 1 N–H and O–H groups in total. The third kappa shape index (κ3) is 3.03. The maximum absolute atomic E-state index is 12.5. The third-order valence-corrected chi connectivity index (χ3v) is 3.90. The summed E-state index contributed by atoms with van der Waals surface area (Å²) in [6, 6.07) is 14.5. The average Bonchev–Trinajstić information content (AvgIpc) is 2.84. The molecule has 3 amide bonds. The average molecular weight is 326 g/mol. The monoisotopic (exact) mass is 325 g/mol. The Morgan fingerprint density at radius 2 is 1.74 bits per heavy atom. The quantitative estimate of drug-likeness (QED) is 0.882. The standard InChI is InChI=1S/C17H12ClN3O2/c18-14-7-5-13(6-8-14)15-16(22)21(17(23)20-15)10-12-3-1-11(9-19)2-4-12/h1-8,15H,10H2,(H,20,23). The van der Waals surface area contributed by atoms with Crippen LogP contribution in [0.2, 0.25) is 5.02 Å². The van der Waals surface area contributed by atoms with Crippen LogP contribution in [0.1, 0.15) is 22.7 Å². The lowest BCUT2D eigenvalue weighted by molar-refractivity contribution is -0.128. The molecule has 1 fully saturated rings. The molecule has 0 aliphatic carbocycles. The van der Waals surface area contributed by atoms with E-state index in [1.165, 1.54) is 4.90 Å². The van der Waals surface area contributed by atoms with Crippen LogP contribution in [0.15, 0.2) is 48.5 Å². The molecule has 0 spiro atoms. The maximum atomic E-state index is 12.5. The molecule has 3 rings (SSSR count). The van der Waals surface area contributed by atoms with E-state index < -0.39 is 12.1 Å². The number of benzene rings is 2. The summed E-state index contributed by atoms with van der Waals surface area (Å²) in [5.74, 6) is -0.304. The molecule has 6 heteroatoms. The molecule has 1 atom stereocenters. The molecule has 1 aliphatic rings. The van der Waals surface area contributed by atoms with E-state index in [0.717, 1.165) is 5.56 Å². The van der Waals surface area contributed by atoms with E-state index in [-0.39, 0.29) is 12.5 Å². The Morgan fingerprint density at radius 1 is 1.09 bits per heavy atom. The minimum absolute atomic E-state index is 0.167. The second kappa shape index (κ2) is 6.11. The number of hydrogen-bond acceptors (Lipinski definition) is 3. The minimum atomic E-state index is -0.696. The van der Waals surface area contributed by atoms with Crippen molar-refractivity contribution in [3.63, 3.8) is 0 Å². The molecular formula is C17H12ClN3O2. The first-order valence-electron chi connectivity index (χ1n) is 6.95. The van der Waals surface area contributed by atoms with Gasteiger partial charge in [0.2, 0.25) is 0 Å². The van der Waals surface area contributed by atoms with Crippen LogP contribution in [-0.4, -0.2) is 16.8 Å². The number of nitrogens with one attached hydrogen (secondary N) is 1. The first-order chi connectivity index (χ1) is 11.1. The number of carbonyl (C=O) groups is 2. The van der Waals surface area contributed by atoms with Crippen molar-refractivity contribution in [3.05, 3.63) is 70.2 Å². The molecule has 1 heterocycles. The molecule has 23 heavy (non-hydrogen) atoms. The van der Waals surface area contributed by atoms with Gasteiger partial charge in [0.1, 0.15) is 6.04 Å². The van der Waals surface area contributed by atoms with E-state index in [1.54, 1.807) is 48.5 Å². The van der Waals surface area contributed by atoms with Crippen molar-refractivity contribution in [2.45, 2.75) is 12.6 Å². The van der Waals surface area contributed by atoms with E-state index in [2.05, 4.69) is 5.32 Å². The highest BCUT2D eigenvalue weighted by molar-refractivity contribution is 6.30. The highest BCUT2D eigenvalue weighted by atomic mass is 35.5. The number of urea groups is 1. The zero-order valence-electron chi connectivity index (χ0n) is 12.0. The molecule has 5 nitrogen and oxygen atoms in total. The van der Waals surface area contributed by atoms with Crippen LogP contribution in [0, 0.1) is 11.3 Å². The van der Waals surface area contributed by atoms with Gasteiger partial charge in [-0.25, -0.2) is 4.79 Å². The lowest BCUT2D eigenvalue weighted by Crippen LogP contribution is -2.30. The van der Waals surface area contributed by atoms with Crippen LogP contribution in [0.4, 0.5) is 4.79 Å². The van der Waals surface area contributed by atoms with E-state index >= 15 is 0 Å². The lowest BCUT2D eigenvalue weighted by Gasteiger charge is -2.13. The fourth-order valence-corrected chi connectivity index (χ4v) is 2.54. The number of imide groups is 1. The minimum Gasteiger partial charge on any atom is -0.322 e. The van der Waals surface area contributed by atoms with Gasteiger partial charge in [-0.2, -0.15) is 5.26 Å². The number of nitriles is 1. The van der Waals surface area contributed by atoms with E-state index in [9.17, 15) is 9.59 Å². The first kappa shape index (κ1) is 15.1. The van der Waals surface area contributed by atoms with Crippen molar-refractivity contribution in [2.75, 3.05) is 0 Å². The Kier molecular flexibility index (Phi) is 4.00. The smallest absolute Gasteiger partial charge is 0.322 e. The number of hydrogen-bond donors (Lipinski definition) is 1. The lowest BCUT2D eigenvalue weighted by atomic mass is 10.1. The molecule has 1 unspecified atom stereocenters. The van der Waals surface area contributed by atoms with Crippen molar-refractivity contribution in [3.8, 4) is 6.07 Å². The van der Waals surface area contributed by atoms with Gasteiger partial charge in [-0.1, -0.05) is 35.9 Å². The highest BCUT2D eigenvalue weighted by Gasteiger charge is 2.38. The highest BCUT2D eigenvalue weighted by Crippen LogP contribution is 2.24. The Labute approximate surface area is 138 Å². The van der Waals surface area contributed by atoms with Gasteiger partial charge in [-0.3, -0.25) is 9.69 Å². The van der Waals surface area contributed by atoms with E-state index in [0.29, 0.717) is 16.1 Å². The van der Waals surface area contributed by atoms with Crippen LogP contribution in [-0.2, 0) is 11.3 Å². The molecule has 2 aromatic carbocycles. The molecule has 0 bridgehead atoms. The van der Waals surface area contributed by atoms with Gasteiger partial charge in [0.05, 0.1) is 18.2 Å². The predicted octanol–water partition coefficient (Wildman–Crippen LogP) is 3.00. The Balaban J connectivity index is 1.78. The van der Waals surface area contributed by atoms with Gasteiger partial charge in [-0.05, 0) is 35.4 Å². The largest absolute Gasteiger partial charge is 0.325 e.